The van der Waals surface area contributed by atoms with Crippen molar-refractivity contribution in [3.8, 4) is 0 Å². The molecule has 2 aromatic carbocycles. The summed E-state index contributed by atoms with van der Waals surface area (Å²) in [4.78, 5) is 11.2. The van der Waals surface area contributed by atoms with Crippen molar-refractivity contribution >= 4 is 27.4 Å². The molecular formula is C15H18N2O4S. The van der Waals surface area contributed by atoms with Crippen LogP contribution in [0.1, 0.15) is 6.42 Å². The quantitative estimate of drug-likeness (QED) is 0.590. The van der Waals surface area contributed by atoms with Gasteiger partial charge < -0.3 is 11.1 Å². The van der Waals surface area contributed by atoms with Crippen LogP contribution >= 0.6 is 0 Å². The molecule has 0 radical (unpaired) electrons. The van der Waals surface area contributed by atoms with Crippen molar-refractivity contribution in [3.63, 3.8) is 0 Å². The minimum Gasteiger partial charge on any atom is -0.399 e. The lowest BCUT2D eigenvalue weighted by atomic mass is 10.3. The number of amides is 1. The Morgan fingerprint density at radius 1 is 1.00 bits per heavy atom. The molecule has 118 valence electrons. The third-order valence-electron chi connectivity index (χ3n) is 2.44. The molecule has 6 nitrogen and oxygen atoms in total. The fourth-order valence-electron chi connectivity index (χ4n) is 1.42. The lowest BCUT2D eigenvalue weighted by Gasteiger charge is -2.03. The summed E-state index contributed by atoms with van der Waals surface area (Å²) in [6, 6.07) is 18.2. The average molecular weight is 322 g/mol. The molecule has 0 atom stereocenters. The Balaban J connectivity index is 0.000000287. The van der Waals surface area contributed by atoms with Crippen LogP contribution in [-0.4, -0.2) is 24.6 Å². The molecule has 2 rings (SSSR count). The molecule has 0 aliphatic carbocycles. The molecule has 0 saturated carbocycles. The molecule has 0 fully saturated rings. The third kappa shape index (κ3) is 8.72. The van der Waals surface area contributed by atoms with Gasteiger partial charge in [-0.25, -0.2) is 0 Å². The van der Waals surface area contributed by atoms with Crippen molar-refractivity contribution in [2.24, 2.45) is 0 Å². The molecule has 1 amide bonds. The van der Waals surface area contributed by atoms with E-state index in [0.717, 1.165) is 5.69 Å². The molecule has 0 aliphatic heterocycles. The van der Waals surface area contributed by atoms with Gasteiger partial charge in [0, 0.05) is 17.8 Å². The number of nitrogens with one attached hydrogen (secondary N) is 1. The van der Waals surface area contributed by atoms with Gasteiger partial charge in [-0.2, -0.15) is 8.42 Å². The second kappa shape index (κ2) is 8.81. The van der Waals surface area contributed by atoms with Crippen LogP contribution in [0, 0.1) is 0 Å². The molecule has 0 heterocycles. The van der Waals surface area contributed by atoms with Crippen molar-refractivity contribution in [2.45, 2.75) is 6.42 Å². The van der Waals surface area contributed by atoms with Crippen LogP contribution in [0.15, 0.2) is 60.7 Å². The van der Waals surface area contributed by atoms with Crippen molar-refractivity contribution in [3.05, 3.63) is 60.7 Å². The minimum atomic E-state index is -4.07. The molecule has 0 aromatic heterocycles. The van der Waals surface area contributed by atoms with Gasteiger partial charge in [-0.15, -0.1) is 0 Å². The van der Waals surface area contributed by atoms with Crippen LogP contribution in [0.2, 0.25) is 0 Å². The Morgan fingerprint density at radius 2 is 1.50 bits per heavy atom. The summed E-state index contributed by atoms with van der Waals surface area (Å²) in [5.74, 6) is -1.01. The maximum Gasteiger partial charge on any atom is 0.265 e. The van der Waals surface area contributed by atoms with Gasteiger partial charge in [0.15, 0.2) is 0 Å². The number of carbonyl (C=O) groups is 1. The van der Waals surface area contributed by atoms with Gasteiger partial charge in [0.25, 0.3) is 10.1 Å². The van der Waals surface area contributed by atoms with Crippen LogP contribution < -0.4 is 11.1 Å². The molecule has 7 heteroatoms. The summed E-state index contributed by atoms with van der Waals surface area (Å²) in [5.41, 5.74) is 6.77. The Kier molecular flexibility index (Phi) is 7.07. The van der Waals surface area contributed by atoms with E-state index in [2.05, 4.69) is 5.32 Å². The number of para-hydroxylation sites is 2. The van der Waals surface area contributed by atoms with E-state index in [1.54, 1.807) is 30.3 Å². The fraction of sp³-hybridized carbons (Fsp3) is 0.133. The minimum absolute atomic E-state index is 0.256. The summed E-state index contributed by atoms with van der Waals surface area (Å²) < 4.78 is 29.2. The van der Waals surface area contributed by atoms with Crippen LogP contribution in [0.4, 0.5) is 11.4 Å². The second-order valence-electron chi connectivity index (χ2n) is 4.36. The number of hydrogen-bond donors (Lipinski definition) is 3. The first-order valence-electron chi connectivity index (χ1n) is 6.47. The van der Waals surface area contributed by atoms with E-state index in [1.165, 1.54) is 0 Å². The summed E-state index contributed by atoms with van der Waals surface area (Å²) in [7, 11) is -4.07. The molecule has 2 aromatic rings. The van der Waals surface area contributed by atoms with E-state index in [4.69, 9.17) is 10.3 Å². The zero-order chi connectivity index (χ0) is 16.4. The zero-order valence-electron chi connectivity index (χ0n) is 11.8. The number of anilines is 2. The largest absolute Gasteiger partial charge is 0.399 e. The predicted octanol–water partition coefficient (Wildman–Crippen LogP) is 2.17. The summed E-state index contributed by atoms with van der Waals surface area (Å²) >= 11 is 0. The first-order chi connectivity index (χ1) is 10.4. The highest BCUT2D eigenvalue weighted by atomic mass is 32.2. The molecule has 0 bridgehead atoms. The van der Waals surface area contributed by atoms with Crippen molar-refractivity contribution in [2.75, 3.05) is 16.8 Å². The van der Waals surface area contributed by atoms with Gasteiger partial charge in [0.1, 0.15) is 0 Å². The number of nitrogens with two attached hydrogens (primary N) is 1. The van der Waals surface area contributed by atoms with Gasteiger partial charge in [-0.3, -0.25) is 9.35 Å². The lowest BCUT2D eigenvalue weighted by Crippen LogP contribution is -2.16. The average Bonchev–Trinajstić information content (AvgIpc) is 2.47. The first-order valence-corrected chi connectivity index (χ1v) is 8.08. The van der Waals surface area contributed by atoms with Gasteiger partial charge in [-0.05, 0) is 24.3 Å². The Morgan fingerprint density at radius 3 is 1.91 bits per heavy atom. The Labute approximate surface area is 129 Å². The molecule has 0 unspecified atom stereocenters. The highest BCUT2D eigenvalue weighted by Gasteiger charge is 2.09. The predicted molar refractivity (Wildman–Crippen MR) is 87.0 cm³/mol. The monoisotopic (exact) mass is 322 g/mol. The number of rotatable bonds is 4. The van der Waals surface area contributed by atoms with E-state index in [-0.39, 0.29) is 6.42 Å². The van der Waals surface area contributed by atoms with Gasteiger partial charge in [0.05, 0.1) is 5.75 Å². The summed E-state index contributed by atoms with van der Waals surface area (Å²) in [5, 5.41) is 2.50. The van der Waals surface area contributed by atoms with Crippen molar-refractivity contribution in [1.29, 1.82) is 0 Å². The summed E-state index contributed by atoms with van der Waals surface area (Å²) in [6.45, 7) is 0. The van der Waals surface area contributed by atoms with E-state index >= 15 is 0 Å². The normalized spacial score (nSPS) is 10.2. The Hall–Kier alpha value is -2.38. The second-order valence-corrected chi connectivity index (χ2v) is 5.93. The lowest BCUT2D eigenvalue weighted by molar-refractivity contribution is -0.115. The van der Waals surface area contributed by atoms with Gasteiger partial charge >= 0.3 is 0 Å². The van der Waals surface area contributed by atoms with E-state index < -0.39 is 21.8 Å². The van der Waals surface area contributed by atoms with Gasteiger partial charge in [0.2, 0.25) is 5.91 Å². The Bertz CT molecular complexity index is 673. The number of benzene rings is 2. The summed E-state index contributed by atoms with van der Waals surface area (Å²) in [6.07, 6.45) is -0.256. The van der Waals surface area contributed by atoms with E-state index in [1.807, 2.05) is 30.3 Å². The standard InChI is InChI=1S/C9H11NO4S.C6H7N/c11-9(6-7-15(12,13)14)10-8-4-2-1-3-5-8;7-6-4-2-1-3-5-6/h1-5H,6-7H2,(H,10,11)(H,12,13,14);1-5H,7H2. The third-order valence-corrected chi connectivity index (χ3v) is 3.16. The highest BCUT2D eigenvalue weighted by Crippen LogP contribution is 2.05. The number of carbonyl (C=O) groups excluding carboxylic acids is 1. The maximum atomic E-state index is 11.2. The fourth-order valence-corrected chi connectivity index (χ4v) is 1.86. The highest BCUT2D eigenvalue weighted by molar-refractivity contribution is 7.85. The molecule has 0 aliphatic rings. The van der Waals surface area contributed by atoms with Crippen LogP contribution in [0.3, 0.4) is 0 Å². The molecule has 22 heavy (non-hydrogen) atoms. The van der Waals surface area contributed by atoms with Crippen LogP contribution in [-0.2, 0) is 14.9 Å². The topological polar surface area (TPSA) is 109 Å². The smallest absolute Gasteiger partial charge is 0.265 e. The number of hydrogen-bond acceptors (Lipinski definition) is 4. The molecule has 0 saturated heterocycles. The maximum absolute atomic E-state index is 11.2. The van der Waals surface area contributed by atoms with Crippen molar-refractivity contribution < 1.29 is 17.8 Å². The van der Waals surface area contributed by atoms with E-state index in [0.29, 0.717) is 5.69 Å². The first kappa shape index (κ1) is 17.7. The number of nitrogen functional groups attached to an aromatic ring is 1. The molecular weight excluding hydrogens is 304 g/mol. The SMILES string of the molecule is Nc1ccccc1.O=C(CCS(=O)(=O)O)Nc1ccccc1. The van der Waals surface area contributed by atoms with Gasteiger partial charge in [-0.1, -0.05) is 36.4 Å². The van der Waals surface area contributed by atoms with Crippen LogP contribution in [0.5, 0.6) is 0 Å². The zero-order valence-corrected chi connectivity index (χ0v) is 12.7. The van der Waals surface area contributed by atoms with Crippen LogP contribution in [0.25, 0.3) is 0 Å². The molecule has 0 spiro atoms. The van der Waals surface area contributed by atoms with E-state index in [9.17, 15) is 13.2 Å². The molecule has 4 N–H and O–H groups in total. The van der Waals surface area contributed by atoms with Crippen molar-refractivity contribution in [1.82, 2.24) is 0 Å².